The SMILES string of the molecule is O=C(CBr)N[C@H]1CCCN(C(=O)c2ccc(F)cc2)C1. The predicted molar refractivity (Wildman–Crippen MR) is 77.3 cm³/mol. The fourth-order valence-corrected chi connectivity index (χ4v) is 2.48. The van der Waals surface area contributed by atoms with Crippen molar-refractivity contribution in [3.8, 4) is 0 Å². The van der Waals surface area contributed by atoms with Gasteiger partial charge in [-0.15, -0.1) is 0 Å². The van der Waals surface area contributed by atoms with Gasteiger partial charge in [0.1, 0.15) is 5.82 Å². The third-order valence-corrected chi connectivity index (χ3v) is 3.80. The Labute approximate surface area is 125 Å². The molecule has 1 N–H and O–H groups in total. The summed E-state index contributed by atoms with van der Waals surface area (Å²) in [5, 5.41) is 3.13. The lowest BCUT2D eigenvalue weighted by molar-refractivity contribution is -0.119. The Hall–Kier alpha value is -1.43. The summed E-state index contributed by atoms with van der Waals surface area (Å²) in [6.45, 7) is 1.16. The highest BCUT2D eigenvalue weighted by molar-refractivity contribution is 9.09. The van der Waals surface area contributed by atoms with Crippen LogP contribution in [0.15, 0.2) is 24.3 Å². The van der Waals surface area contributed by atoms with Crippen molar-refractivity contribution in [1.29, 1.82) is 0 Å². The van der Waals surface area contributed by atoms with Crippen LogP contribution in [0.1, 0.15) is 23.2 Å². The van der Waals surface area contributed by atoms with Crippen molar-refractivity contribution in [1.82, 2.24) is 10.2 Å². The lowest BCUT2D eigenvalue weighted by Crippen LogP contribution is -2.49. The monoisotopic (exact) mass is 342 g/mol. The number of amides is 2. The van der Waals surface area contributed by atoms with Crippen molar-refractivity contribution >= 4 is 27.7 Å². The summed E-state index contributed by atoms with van der Waals surface area (Å²) in [6, 6.07) is 5.51. The number of nitrogens with zero attached hydrogens (tertiary/aromatic N) is 1. The molecule has 0 radical (unpaired) electrons. The lowest BCUT2D eigenvalue weighted by Gasteiger charge is -2.33. The third-order valence-electron chi connectivity index (χ3n) is 3.29. The first-order valence-corrected chi connectivity index (χ1v) is 7.62. The van der Waals surface area contributed by atoms with Crippen molar-refractivity contribution in [2.75, 3.05) is 18.4 Å². The van der Waals surface area contributed by atoms with Crippen LogP contribution in [0.2, 0.25) is 0 Å². The molecule has 1 saturated heterocycles. The van der Waals surface area contributed by atoms with Gasteiger partial charge in [0.25, 0.3) is 5.91 Å². The Morgan fingerprint density at radius 1 is 1.35 bits per heavy atom. The number of benzene rings is 1. The first-order valence-electron chi connectivity index (χ1n) is 6.50. The molecule has 0 unspecified atom stereocenters. The number of alkyl halides is 1. The van der Waals surface area contributed by atoms with Gasteiger partial charge in [-0.2, -0.15) is 0 Å². The van der Waals surface area contributed by atoms with E-state index in [1.807, 2.05) is 0 Å². The molecule has 0 aromatic heterocycles. The van der Waals surface area contributed by atoms with Gasteiger partial charge in [0, 0.05) is 24.7 Å². The molecule has 1 fully saturated rings. The van der Waals surface area contributed by atoms with E-state index in [4.69, 9.17) is 0 Å². The molecule has 0 saturated carbocycles. The average molecular weight is 343 g/mol. The number of halogens is 2. The van der Waals surface area contributed by atoms with Crippen molar-refractivity contribution in [3.05, 3.63) is 35.6 Å². The van der Waals surface area contributed by atoms with E-state index >= 15 is 0 Å². The molecule has 2 amide bonds. The second-order valence-electron chi connectivity index (χ2n) is 4.80. The number of carbonyl (C=O) groups is 2. The van der Waals surface area contributed by atoms with Crippen molar-refractivity contribution in [2.24, 2.45) is 0 Å². The molecular formula is C14H16BrFN2O2. The van der Waals surface area contributed by atoms with E-state index < -0.39 is 0 Å². The molecular weight excluding hydrogens is 327 g/mol. The number of hydrogen-bond donors (Lipinski definition) is 1. The van der Waals surface area contributed by atoms with Gasteiger partial charge in [-0.05, 0) is 37.1 Å². The second kappa shape index (κ2) is 6.83. The van der Waals surface area contributed by atoms with Crippen molar-refractivity contribution < 1.29 is 14.0 Å². The molecule has 6 heteroatoms. The van der Waals surface area contributed by atoms with Gasteiger partial charge >= 0.3 is 0 Å². The van der Waals surface area contributed by atoms with Crippen LogP contribution in [0.5, 0.6) is 0 Å². The summed E-state index contributed by atoms with van der Waals surface area (Å²) in [6.07, 6.45) is 1.71. The quantitative estimate of drug-likeness (QED) is 0.853. The number of likely N-dealkylation sites (tertiary alicyclic amines) is 1. The third kappa shape index (κ3) is 3.79. The molecule has 1 atom stereocenters. The Morgan fingerprint density at radius 2 is 2.05 bits per heavy atom. The Balaban J connectivity index is 1.99. The molecule has 0 aliphatic carbocycles. The van der Waals surface area contributed by atoms with Gasteiger partial charge in [0.2, 0.25) is 5.91 Å². The van der Waals surface area contributed by atoms with Gasteiger partial charge in [-0.25, -0.2) is 4.39 Å². The molecule has 1 aliphatic rings. The van der Waals surface area contributed by atoms with Crippen LogP contribution in [0.25, 0.3) is 0 Å². The zero-order valence-electron chi connectivity index (χ0n) is 10.9. The van der Waals surface area contributed by atoms with E-state index in [2.05, 4.69) is 21.2 Å². The molecule has 0 spiro atoms. The molecule has 4 nitrogen and oxygen atoms in total. The van der Waals surface area contributed by atoms with Gasteiger partial charge < -0.3 is 10.2 Å². The van der Waals surface area contributed by atoms with Crippen LogP contribution in [0.3, 0.4) is 0 Å². The van der Waals surface area contributed by atoms with Crippen molar-refractivity contribution in [3.63, 3.8) is 0 Å². The van der Waals surface area contributed by atoms with Crippen LogP contribution < -0.4 is 5.32 Å². The maximum absolute atomic E-state index is 12.9. The first-order chi connectivity index (χ1) is 9.60. The van der Waals surface area contributed by atoms with Crippen LogP contribution in [0.4, 0.5) is 4.39 Å². The number of piperidine rings is 1. The second-order valence-corrected chi connectivity index (χ2v) is 5.36. The summed E-state index contributed by atoms with van der Waals surface area (Å²) in [5.41, 5.74) is 0.471. The Morgan fingerprint density at radius 3 is 2.70 bits per heavy atom. The molecule has 108 valence electrons. The minimum Gasteiger partial charge on any atom is -0.351 e. The predicted octanol–water partition coefficient (Wildman–Crippen LogP) is 1.94. The summed E-state index contributed by atoms with van der Waals surface area (Å²) in [5.74, 6) is -0.559. The zero-order valence-corrected chi connectivity index (χ0v) is 12.5. The zero-order chi connectivity index (χ0) is 14.5. The largest absolute Gasteiger partial charge is 0.351 e. The maximum atomic E-state index is 12.9. The van der Waals surface area contributed by atoms with Crippen LogP contribution in [-0.2, 0) is 4.79 Å². The maximum Gasteiger partial charge on any atom is 0.253 e. The Kier molecular flexibility index (Phi) is 5.11. The topological polar surface area (TPSA) is 49.4 Å². The molecule has 0 bridgehead atoms. The summed E-state index contributed by atoms with van der Waals surface area (Å²) in [4.78, 5) is 25.4. The highest BCUT2D eigenvalue weighted by atomic mass is 79.9. The standard InChI is InChI=1S/C14H16BrFN2O2/c15-8-13(19)17-12-2-1-7-18(9-12)14(20)10-3-5-11(16)6-4-10/h3-6,12H,1-2,7-9H2,(H,17,19)/t12-/m0/s1. The molecule has 1 aliphatic heterocycles. The fraction of sp³-hybridized carbons (Fsp3) is 0.429. The smallest absolute Gasteiger partial charge is 0.253 e. The highest BCUT2D eigenvalue weighted by Gasteiger charge is 2.25. The molecule has 20 heavy (non-hydrogen) atoms. The average Bonchev–Trinajstić information content (AvgIpc) is 2.47. The molecule has 1 aromatic rings. The summed E-state index contributed by atoms with van der Waals surface area (Å²) < 4.78 is 12.9. The van der Waals surface area contributed by atoms with Crippen LogP contribution >= 0.6 is 15.9 Å². The number of nitrogens with one attached hydrogen (secondary N) is 1. The van der Waals surface area contributed by atoms with E-state index in [0.717, 1.165) is 12.8 Å². The van der Waals surface area contributed by atoms with Gasteiger partial charge in [0.15, 0.2) is 0 Å². The minimum atomic E-state index is -0.359. The minimum absolute atomic E-state index is 0.0156. The van der Waals surface area contributed by atoms with E-state index in [0.29, 0.717) is 18.7 Å². The van der Waals surface area contributed by atoms with E-state index in [1.165, 1.54) is 24.3 Å². The highest BCUT2D eigenvalue weighted by Crippen LogP contribution is 2.14. The normalized spacial score (nSPS) is 18.7. The summed E-state index contributed by atoms with van der Waals surface area (Å²) >= 11 is 3.10. The van der Waals surface area contributed by atoms with E-state index in [1.54, 1.807) is 4.90 Å². The number of rotatable bonds is 3. The lowest BCUT2D eigenvalue weighted by atomic mass is 10.0. The van der Waals surface area contributed by atoms with Crippen molar-refractivity contribution in [2.45, 2.75) is 18.9 Å². The molecule has 1 heterocycles. The van der Waals surface area contributed by atoms with Gasteiger partial charge in [0.05, 0.1) is 5.33 Å². The van der Waals surface area contributed by atoms with Crippen LogP contribution in [-0.4, -0.2) is 41.2 Å². The van der Waals surface area contributed by atoms with Gasteiger partial charge in [-0.1, -0.05) is 15.9 Å². The number of carbonyl (C=O) groups excluding carboxylic acids is 2. The van der Waals surface area contributed by atoms with Gasteiger partial charge in [-0.3, -0.25) is 9.59 Å². The molecule has 2 rings (SSSR count). The van der Waals surface area contributed by atoms with Crippen LogP contribution in [0, 0.1) is 5.82 Å². The molecule has 1 aromatic carbocycles. The van der Waals surface area contributed by atoms with E-state index in [-0.39, 0.29) is 29.0 Å². The summed E-state index contributed by atoms with van der Waals surface area (Å²) in [7, 11) is 0. The number of hydrogen-bond acceptors (Lipinski definition) is 2. The van der Waals surface area contributed by atoms with E-state index in [9.17, 15) is 14.0 Å². The fourth-order valence-electron chi connectivity index (χ4n) is 2.32. The Bertz CT molecular complexity index is 492. The first kappa shape index (κ1) is 15.0.